The standard InChI is InChI=1S/C17H27N7O10/c18-6(3-11(20)26)14(30)23-8(4-12(21)27)15(31)24-9(5-13(28)29)16(32)22-7(17(33)34)1-2-10(19)25/h6-9H,1-5,18H2,(H2,19,25)(H2,20,26)(H2,21,27)(H,22,32)(H,23,30)(H,24,31)(H,28,29)(H,33,34). The Kier molecular flexibility index (Phi) is 12.2. The van der Waals surface area contributed by atoms with Gasteiger partial charge in [0, 0.05) is 6.42 Å². The maximum absolute atomic E-state index is 12.6. The van der Waals surface area contributed by atoms with Crippen LogP contribution in [0.15, 0.2) is 0 Å². The van der Waals surface area contributed by atoms with Crippen LogP contribution in [0.3, 0.4) is 0 Å². The van der Waals surface area contributed by atoms with E-state index in [0.29, 0.717) is 0 Å². The number of carboxylic acids is 2. The molecule has 0 aromatic carbocycles. The van der Waals surface area contributed by atoms with E-state index in [1.165, 1.54) is 0 Å². The van der Waals surface area contributed by atoms with Crippen molar-refractivity contribution in [1.29, 1.82) is 0 Å². The molecule has 0 saturated heterocycles. The predicted molar refractivity (Wildman–Crippen MR) is 110 cm³/mol. The average molecular weight is 489 g/mol. The summed E-state index contributed by atoms with van der Waals surface area (Å²) in [5, 5.41) is 24.2. The summed E-state index contributed by atoms with van der Waals surface area (Å²) < 4.78 is 0. The van der Waals surface area contributed by atoms with Crippen molar-refractivity contribution < 1.29 is 48.6 Å². The number of nitrogens with one attached hydrogen (secondary N) is 3. The number of amides is 6. The van der Waals surface area contributed by atoms with Crippen LogP contribution in [0.2, 0.25) is 0 Å². The van der Waals surface area contributed by atoms with Crippen molar-refractivity contribution in [3.05, 3.63) is 0 Å². The topological polar surface area (TPSA) is 317 Å². The van der Waals surface area contributed by atoms with Gasteiger partial charge in [-0.25, -0.2) is 4.79 Å². The Balaban J connectivity index is 5.56. The van der Waals surface area contributed by atoms with Gasteiger partial charge in [-0.15, -0.1) is 0 Å². The van der Waals surface area contributed by atoms with Crippen LogP contribution < -0.4 is 38.9 Å². The number of carboxylic acid groups (broad SMARTS) is 2. The molecule has 17 heteroatoms. The van der Waals surface area contributed by atoms with Gasteiger partial charge in [0.05, 0.1) is 25.3 Å². The van der Waals surface area contributed by atoms with Gasteiger partial charge in [-0.3, -0.25) is 33.6 Å². The second kappa shape index (κ2) is 14.0. The molecule has 0 aliphatic carbocycles. The van der Waals surface area contributed by atoms with Gasteiger partial charge in [0.2, 0.25) is 35.4 Å². The number of primary amides is 3. The van der Waals surface area contributed by atoms with Crippen molar-refractivity contribution in [1.82, 2.24) is 16.0 Å². The van der Waals surface area contributed by atoms with E-state index in [2.05, 4.69) is 0 Å². The minimum atomic E-state index is -1.85. The number of hydrogen-bond donors (Lipinski definition) is 9. The summed E-state index contributed by atoms with van der Waals surface area (Å²) in [4.78, 5) is 92.6. The van der Waals surface area contributed by atoms with Gasteiger partial charge in [0.15, 0.2) is 0 Å². The smallest absolute Gasteiger partial charge is 0.326 e. The molecule has 4 unspecified atom stereocenters. The third-order valence-electron chi connectivity index (χ3n) is 4.10. The fraction of sp³-hybridized carbons (Fsp3) is 0.529. The lowest BCUT2D eigenvalue weighted by molar-refractivity contribution is -0.144. The van der Waals surface area contributed by atoms with Crippen LogP contribution in [0.1, 0.15) is 32.1 Å². The molecule has 190 valence electrons. The lowest BCUT2D eigenvalue weighted by Crippen LogP contribution is -2.58. The summed E-state index contributed by atoms with van der Waals surface area (Å²) in [6, 6.07) is -6.70. The number of carbonyl (C=O) groups is 8. The van der Waals surface area contributed by atoms with Crippen molar-refractivity contribution in [3.63, 3.8) is 0 Å². The first-order valence-electron chi connectivity index (χ1n) is 9.60. The molecule has 0 aliphatic heterocycles. The maximum Gasteiger partial charge on any atom is 0.326 e. The van der Waals surface area contributed by atoms with Gasteiger partial charge in [0.25, 0.3) is 0 Å². The summed E-state index contributed by atoms with van der Waals surface area (Å²) in [7, 11) is 0. The Labute approximate surface area is 191 Å². The molecular formula is C17H27N7O10. The fourth-order valence-electron chi connectivity index (χ4n) is 2.47. The molecule has 0 saturated carbocycles. The van der Waals surface area contributed by atoms with Crippen LogP contribution in [0.25, 0.3) is 0 Å². The van der Waals surface area contributed by atoms with Gasteiger partial charge < -0.3 is 49.1 Å². The lowest BCUT2D eigenvalue weighted by Gasteiger charge is -2.24. The van der Waals surface area contributed by atoms with E-state index in [9.17, 15) is 38.4 Å². The Morgan fingerprint density at radius 2 is 1.06 bits per heavy atom. The zero-order valence-electron chi connectivity index (χ0n) is 17.8. The van der Waals surface area contributed by atoms with Gasteiger partial charge in [-0.1, -0.05) is 0 Å². The molecule has 4 atom stereocenters. The van der Waals surface area contributed by atoms with E-state index < -0.39 is 104 Å². The van der Waals surface area contributed by atoms with Crippen LogP contribution in [0.5, 0.6) is 0 Å². The number of carbonyl (C=O) groups excluding carboxylic acids is 6. The molecule has 0 rings (SSSR count). The third kappa shape index (κ3) is 11.9. The number of rotatable bonds is 16. The van der Waals surface area contributed by atoms with Crippen LogP contribution in [0.4, 0.5) is 0 Å². The minimum Gasteiger partial charge on any atom is -0.481 e. The first-order chi connectivity index (χ1) is 15.6. The monoisotopic (exact) mass is 489 g/mol. The van der Waals surface area contributed by atoms with Crippen molar-refractivity contribution in [2.24, 2.45) is 22.9 Å². The number of aliphatic carboxylic acids is 2. The Morgan fingerprint density at radius 3 is 1.47 bits per heavy atom. The van der Waals surface area contributed by atoms with Crippen LogP contribution in [-0.4, -0.2) is 81.8 Å². The summed E-state index contributed by atoms with van der Waals surface area (Å²) >= 11 is 0. The minimum absolute atomic E-state index is 0.411. The molecule has 0 heterocycles. The quantitative estimate of drug-likeness (QED) is 0.0983. The van der Waals surface area contributed by atoms with Crippen LogP contribution in [0, 0.1) is 0 Å². The van der Waals surface area contributed by atoms with Crippen LogP contribution >= 0.6 is 0 Å². The Hall–Kier alpha value is -4.28. The fourth-order valence-corrected chi connectivity index (χ4v) is 2.47. The van der Waals surface area contributed by atoms with Crippen molar-refractivity contribution in [2.45, 2.75) is 56.3 Å². The van der Waals surface area contributed by atoms with E-state index in [0.717, 1.165) is 0 Å². The molecule has 0 aliphatic rings. The lowest BCUT2D eigenvalue weighted by atomic mass is 10.1. The van der Waals surface area contributed by atoms with E-state index >= 15 is 0 Å². The molecule has 0 fully saturated rings. The summed E-state index contributed by atoms with van der Waals surface area (Å²) in [6.45, 7) is 0. The molecule has 13 N–H and O–H groups in total. The molecule has 6 amide bonds. The maximum atomic E-state index is 12.6. The molecule has 0 radical (unpaired) electrons. The highest BCUT2D eigenvalue weighted by Gasteiger charge is 2.32. The van der Waals surface area contributed by atoms with Crippen molar-refractivity contribution in [3.8, 4) is 0 Å². The highest BCUT2D eigenvalue weighted by Crippen LogP contribution is 2.03. The highest BCUT2D eigenvalue weighted by atomic mass is 16.4. The number of hydrogen-bond acceptors (Lipinski definition) is 9. The molecule has 0 bridgehead atoms. The first-order valence-corrected chi connectivity index (χ1v) is 9.60. The van der Waals surface area contributed by atoms with Gasteiger partial charge in [0.1, 0.15) is 18.1 Å². The second-order valence-electron chi connectivity index (χ2n) is 7.07. The van der Waals surface area contributed by atoms with E-state index in [-0.39, 0.29) is 0 Å². The average Bonchev–Trinajstić information content (AvgIpc) is 2.68. The third-order valence-corrected chi connectivity index (χ3v) is 4.10. The Bertz CT molecular complexity index is 847. The molecule has 17 nitrogen and oxygen atoms in total. The molecular weight excluding hydrogens is 462 g/mol. The van der Waals surface area contributed by atoms with Crippen LogP contribution in [-0.2, 0) is 38.4 Å². The second-order valence-corrected chi connectivity index (χ2v) is 7.07. The first kappa shape index (κ1) is 29.7. The van der Waals surface area contributed by atoms with Gasteiger partial charge in [-0.2, -0.15) is 0 Å². The molecule has 0 spiro atoms. The zero-order chi connectivity index (χ0) is 26.6. The SMILES string of the molecule is NC(=O)CCC(NC(=O)C(CC(=O)O)NC(=O)C(CC(N)=O)NC(=O)C(N)CC(N)=O)C(=O)O. The summed E-state index contributed by atoms with van der Waals surface area (Å²) in [6.07, 6.45) is -3.23. The van der Waals surface area contributed by atoms with Crippen molar-refractivity contribution in [2.75, 3.05) is 0 Å². The zero-order valence-corrected chi connectivity index (χ0v) is 17.8. The normalized spacial score (nSPS) is 13.9. The summed E-state index contributed by atoms with van der Waals surface area (Å²) in [5.41, 5.74) is 20.4. The molecule has 0 aromatic rings. The Morgan fingerprint density at radius 1 is 0.618 bits per heavy atom. The summed E-state index contributed by atoms with van der Waals surface area (Å²) in [5.74, 6) is -9.53. The van der Waals surface area contributed by atoms with Gasteiger partial charge >= 0.3 is 11.9 Å². The largest absolute Gasteiger partial charge is 0.481 e. The van der Waals surface area contributed by atoms with Gasteiger partial charge in [-0.05, 0) is 6.42 Å². The molecule has 34 heavy (non-hydrogen) atoms. The highest BCUT2D eigenvalue weighted by molar-refractivity contribution is 5.97. The van der Waals surface area contributed by atoms with E-state index in [1.54, 1.807) is 0 Å². The van der Waals surface area contributed by atoms with E-state index in [1.807, 2.05) is 16.0 Å². The molecule has 0 aromatic heterocycles. The predicted octanol–water partition coefficient (Wildman–Crippen LogP) is -5.66. The van der Waals surface area contributed by atoms with E-state index in [4.69, 9.17) is 33.1 Å². The number of nitrogens with two attached hydrogens (primary N) is 4. The van der Waals surface area contributed by atoms with Crippen molar-refractivity contribution >= 4 is 47.4 Å².